The molecule has 0 bridgehead atoms. The zero-order valence-electron chi connectivity index (χ0n) is 17.2. The van der Waals surface area contributed by atoms with Crippen LogP contribution in [0.2, 0.25) is 0 Å². The van der Waals surface area contributed by atoms with Crippen molar-refractivity contribution in [2.45, 2.75) is 13.5 Å². The molecule has 0 spiro atoms. The molecule has 1 heterocycles. The third kappa shape index (κ3) is 8.00. The van der Waals surface area contributed by atoms with Gasteiger partial charge in [-0.2, -0.15) is 4.31 Å². The zero-order valence-corrected chi connectivity index (χ0v) is 18.0. The van der Waals surface area contributed by atoms with Gasteiger partial charge in [-0.3, -0.25) is 4.90 Å². The van der Waals surface area contributed by atoms with Crippen LogP contribution in [0.15, 0.2) is 54.6 Å². The minimum absolute atomic E-state index is 0.172. The minimum atomic E-state index is -3.07. The van der Waals surface area contributed by atoms with Crippen LogP contribution in [0, 0.1) is 0 Å². The highest BCUT2D eigenvalue weighted by Crippen LogP contribution is 2.22. The van der Waals surface area contributed by atoms with Gasteiger partial charge in [-0.05, 0) is 36.8 Å². The molecular formula is C21H26N2O7S. The van der Waals surface area contributed by atoms with Crippen LogP contribution in [0.25, 0.3) is 0 Å². The van der Waals surface area contributed by atoms with E-state index >= 15 is 0 Å². The Bertz CT molecular complexity index is 960. The summed E-state index contributed by atoms with van der Waals surface area (Å²) in [6, 6.07) is 17.8. The maximum atomic E-state index is 11.9. The van der Waals surface area contributed by atoms with Crippen LogP contribution in [-0.4, -0.2) is 71.7 Å². The Kier molecular flexibility index (Phi) is 8.98. The molecule has 1 aliphatic rings. The number of rotatable bonds is 6. The van der Waals surface area contributed by atoms with Crippen molar-refractivity contribution in [3.63, 3.8) is 0 Å². The van der Waals surface area contributed by atoms with E-state index < -0.39 is 22.0 Å². The number of hydrogen-bond acceptors (Lipinski definition) is 6. The highest BCUT2D eigenvalue weighted by atomic mass is 32.2. The molecule has 168 valence electrons. The molecule has 1 saturated heterocycles. The number of sulfonamides is 1. The van der Waals surface area contributed by atoms with E-state index in [-0.39, 0.29) is 5.75 Å². The summed E-state index contributed by atoms with van der Waals surface area (Å²) in [5.41, 5.74) is 1.17. The maximum absolute atomic E-state index is 11.9. The lowest BCUT2D eigenvalue weighted by Gasteiger charge is -2.33. The molecule has 2 aromatic carbocycles. The van der Waals surface area contributed by atoms with Crippen molar-refractivity contribution in [2.24, 2.45) is 0 Å². The maximum Gasteiger partial charge on any atom is 0.414 e. The fraction of sp³-hybridized carbons (Fsp3) is 0.333. The third-order valence-corrected chi connectivity index (χ3v) is 6.44. The molecule has 0 aromatic heterocycles. The molecule has 0 radical (unpaired) electrons. The van der Waals surface area contributed by atoms with Crippen LogP contribution in [0.1, 0.15) is 12.5 Å². The molecule has 0 atom stereocenters. The number of para-hydroxylation sites is 1. The number of carboxylic acid groups (broad SMARTS) is 2. The van der Waals surface area contributed by atoms with Gasteiger partial charge in [-0.15, -0.1) is 0 Å². The Morgan fingerprint density at radius 2 is 1.48 bits per heavy atom. The van der Waals surface area contributed by atoms with Crippen molar-refractivity contribution >= 4 is 22.0 Å². The summed E-state index contributed by atoms with van der Waals surface area (Å²) in [5, 5.41) is 14.8. The lowest BCUT2D eigenvalue weighted by molar-refractivity contribution is -0.159. The van der Waals surface area contributed by atoms with E-state index in [9.17, 15) is 8.42 Å². The number of carboxylic acids is 2. The van der Waals surface area contributed by atoms with E-state index in [4.69, 9.17) is 24.5 Å². The average molecular weight is 451 g/mol. The highest BCUT2D eigenvalue weighted by Gasteiger charge is 2.25. The number of nitrogens with zero attached hydrogens (tertiary/aromatic N) is 2. The molecule has 2 N–H and O–H groups in total. The van der Waals surface area contributed by atoms with Crippen molar-refractivity contribution in [1.82, 2.24) is 9.21 Å². The molecule has 3 rings (SSSR count). The molecular weight excluding hydrogens is 424 g/mol. The number of piperazine rings is 1. The van der Waals surface area contributed by atoms with Gasteiger partial charge in [-0.1, -0.05) is 30.3 Å². The van der Waals surface area contributed by atoms with E-state index in [2.05, 4.69) is 11.0 Å². The number of hydrogen-bond donors (Lipinski definition) is 2. The summed E-state index contributed by atoms with van der Waals surface area (Å²) in [7, 11) is -3.07. The molecule has 0 amide bonds. The Hall–Kier alpha value is -2.95. The standard InChI is InChI=1S/C19H24N2O3S.C2H2O4/c1-2-25(22,23)21-13-11-20(12-14-21)16-17-7-6-10-19(15-17)24-18-8-4-3-5-9-18;3-1(4)2(5)6/h3-10,15H,2,11-14,16H2,1H3;(H,3,4)(H,5,6). The first-order valence-corrected chi connectivity index (χ1v) is 11.3. The number of ether oxygens (including phenoxy) is 1. The Morgan fingerprint density at radius 1 is 0.903 bits per heavy atom. The van der Waals surface area contributed by atoms with E-state index in [1.807, 2.05) is 48.5 Å². The second kappa shape index (κ2) is 11.4. The third-order valence-electron chi connectivity index (χ3n) is 4.56. The monoisotopic (exact) mass is 450 g/mol. The summed E-state index contributed by atoms with van der Waals surface area (Å²) >= 11 is 0. The van der Waals surface area contributed by atoms with E-state index in [1.54, 1.807) is 11.2 Å². The van der Waals surface area contributed by atoms with E-state index in [1.165, 1.54) is 5.56 Å². The summed E-state index contributed by atoms with van der Waals surface area (Å²) < 4.78 is 31.3. The molecule has 2 aromatic rings. The summed E-state index contributed by atoms with van der Waals surface area (Å²) in [4.78, 5) is 20.5. The largest absolute Gasteiger partial charge is 0.473 e. The van der Waals surface area contributed by atoms with Crippen LogP contribution in [0.5, 0.6) is 11.5 Å². The van der Waals surface area contributed by atoms with E-state index in [0.717, 1.165) is 31.1 Å². The zero-order chi connectivity index (χ0) is 22.9. The van der Waals surface area contributed by atoms with Crippen molar-refractivity contribution in [3.05, 3.63) is 60.2 Å². The molecule has 0 aliphatic carbocycles. The second-order valence-electron chi connectivity index (χ2n) is 6.75. The molecule has 9 nitrogen and oxygen atoms in total. The molecule has 0 saturated carbocycles. The SMILES string of the molecule is CCS(=O)(=O)N1CCN(Cc2cccc(Oc3ccccc3)c2)CC1.O=C(O)C(=O)O. The second-order valence-corrected chi connectivity index (χ2v) is 9.01. The topological polar surface area (TPSA) is 124 Å². The first kappa shape index (κ1) is 24.3. The minimum Gasteiger partial charge on any atom is -0.473 e. The summed E-state index contributed by atoms with van der Waals surface area (Å²) in [6.07, 6.45) is 0. The van der Waals surface area contributed by atoms with Crippen molar-refractivity contribution < 1.29 is 33.0 Å². The van der Waals surface area contributed by atoms with Gasteiger partial charge in [0.2, 0.25) is 10.0 Å². The lowest BCUT2D eigenvalue weighted by atomic mass is 10.2. The summed E-state index contributed by atoms with van der Waals surface area (Å²) in [6.45, 7) is 5.13. The number of carbonyl (C=O) groups is 2. The summed E-state index contributed by atoms with van der Waals surface area (Å²) in [5.74, 6) is -1.84. The predicted octanol–water partition coefficient (Wildman–Crippen LogP) is 2.10. The van der Waals surface area contributed by atoms with Gasteiger partial charge in [0.25, 0.3) is 0 Å². The quantitative estimate of drug-likeness (QED) is 0.641. The average Bonchev–Trinajstić information content (AvgIpc) is 2.75. The van der Waals surface area contributed by atoms with Crippen LogP contribution >= 0.6 is 0 Å². The number of aliphatic carboxylic acids is 2. The van der Waals surface area contributed by atoms with Crippen molar-refractivity contribution in [1.29, 1.82) is 0 Å². The van der Waals surface area contributed by atoms with Gasteiger partial charge in [-0.25, -0.2) is 18.0 Å². The Balaban J connectivity index is 0.000000501. The van der Waals surface area contributed by atoms with Crippen LogP contribution in [0.3, 0.4) is 0 Å². The van der Waals surface area contributed by atoms with Gasteiger partial charge < -0.3 is 14.9 Å². The van der Waals surface area contributed by atoms with Gasteiger partial charge >= 0.3 is 11.9 Å². The number of benzene rings is 2. The highest BCUT2D eigenvalue weighted by molar-refractivity contribution is 7.89. The molecule has 10 heteroatoms. The first-order valence-electron chi connectivity index (χ1n) is 9.69. The Labute approximate surface area is 181 Å². The van der Waals surface area contributed by atoms with Crippen molar-refractivity contribution in [2.75, 3.05) is 31.9 Å². The molecule has 1 aliphatic heterocycles. The molecule has 1 fully saturated rings. The smallest absolute Gasteiger partial charge is 0.414 e. The van der Waals surface area contributed by atoms with Gasteiger partial charge in [0.15, 0.2) is 0 Å². The van der Waals surface area contributed by atoms with Crippen LogP contribution in [0.4, 0.5) is 0 Å². The normalized spacial score (nSPS) is 14.9. The van der Waals surface area contributed by atoms with Gasteiger partial charge in [0, 0.05) is 32.7 Å². The lowest BCUT2D eigenvalue weighted by Crippen LogP contribution is -2.48. The van der Waals surface area contributed by atoms with Crippen LogP contribution < -0.4 is 4.74 Å². The predicted molar refractivity (Wildman–Crippen MR) is 115 cm³/mol. The molecule has 31 heavy (non-hydrogen) atoms. The van der Waals surface area contributed by atoms with Crippen LogP contribution in [-0.2, 0) is 26.2 Å². The van der Waals surface area contributed by atoms with Gasteiger partial charge in [0.05, 0.1) is 5.75 Å². The Morgan fingerprint density at radius 3 is 2.03 bits per heavy atom. The van der Waals surface area contributed by atoms with E-state index in [0.29, 0.717) is 13.1 Å². The van der Waals surface area contributed by atoms with Crippen molar-refractivity contribution in [3.8, 4) is 11.5 Å². The fourth-order valence-electron chi connectivity index (χ4n) is 2.94. The van der Waals surface area contributed by atoms with Gasteiger partial charge in [0.1, 0.15) is 11.5 Å². The molecule has 0 unspecified atom stereocenters. The fourth-order valence-corrected chi connectivity index (χ4v) is 4.02. The first-order chi connectivity index (χ1) is 14.7.